The molecule has 0 saturated carbocycles. The smallest absolute Gasteiger partial charge is 0.266 e. The zero-order valence-corrected chi connectivity index (χ0v) is 19.3. The molecule has 6 heteroatoms. The van der Waals surface area contributed by atoms with Crippen LogP contribution < -0.4 is 5.32 Å². The molecule has 1 aliphatic rings. The fourth-order valence-corrected chi connectivity index (χ4v) is 4.92. The van der Waals surface area contributed by atoms with Gasteiger partial charge < -0.3 is 5.32 Å². The van der Waals surface area contributed by atoms with E-state index >= 15 is 0 Å². The van der Waals surface area contributed by atoms with Crippen LogP contribution in [0.4, 0.5) is 5.69 Å². The number of thioether (sulfide) groups is 1. The zero-order valence-electron chi connectivity index (χ0n) is 17.6. The van der Waals surface area contributed by atoms with E-state index in [4.69, 9.17) is 12.2 Å². The van der Waals surface area contributed by atoms with Gasteiger partial charge in [-0.15, -0.1) is 0 Å². The number of fused-ring (bicyclic) bond motifs is 1. The van der Waals surface area contributed by atoms with E-state index in [0.29, 0.717) is 22.2 Å². The normalized spacial score (nSPS) is 15.0. The molecule has 4 rings (SSSR count). The standard InChI is InChI=1S/C26H24N2O2S2/c29-24(27-22-15-14-20-11-6-7-12-21(20)18-22)13-5-2-8-16-28-25(30)23(32-26(28)31)17-19-9-3-1-4-10-19/h1,3-4,6-7,9-12,14-15,17-18H,2,5,8,13,16H2,(H,27,29). The number of rotatable bonds is 8. The van der Waals surface area contributed by atoms with Gasteiger partial charge in [0.2, 0.25) is 5.91 Å². The van der Waals surface area contributed by atoms with Crippen molar-refractivity contribution in [2.24, 2.45) is 0 Å². The summed E-state index contributed by atoms with van der Waals surface area (Å²) in [6, 6.07) is 23.8. The van der Waals surface area contributed by atoms with Crippen LogP contribution in [0.2, 0.25) is 0 Å². The number of nitrogens with zero attached hydrogens (tertiary/aromatic N) is 1. The average Bonchev–Trinajstić information content (AvgIpc) is 3.06. The number of unbranched alkanes of at least 4 members (excludes halogenated alkanes) is 2. The summed E-state index contributed by atoms with van der Waals surface area (Å²) in [5.41, 5.74) is 1.81. The molecule has 162 valence electrons. The summed E-state index contributed by atoms with van der Waals surface area (Å²) in [6.45, 7) is 0.586. The Morgan fingerprint density at radius 1 is 0.938 bits per heavy atom. The Bertz CT molecular complexity index is 1170. The lowest BCUT2D eigenvalue weighted by Crippen LogP contribution is -2.29. The summed E-state index contributed by atoms with van der Waals surface area (Å²) in [4.78, 5) is 27.3. The zero-order chi connectivity index (χ0) is 22.3. The van der Waals surface area contributed by atoms with Gasteiger partial charge >= 0.3 is 0 Å². The summed E-state index contributed by atoms with van der Waals surface area (Å²) >= 11 is 6.75. The Hall–Kier alpha value is -2.96. The quantitative estimate of drug-likeness (QED) is 0.246. The highest BCUT2D eigenvalue weighted by atomic mass is 32.2. The van der Waals surface area contributed by atoms with Crippen molar-refractivity contribution in [1.29, 1.82) is 0 Å². The molecule has 0 spiro atoms. The van der Waals surface area contributed by atoms with E-state index < -0.39 is 0 Å². The average molecular weight is 461 g/mol. The van der Waals surface area contributed by atoms with Crippen LogP contribution >= 0.6 is 24.0 Å². The number of hydrogen-bond donors (Lipinski definition) is 1. The lowest BCUT2D eigenvalue weighted by Gasteiger charge is -2.14. The van der Waals surface area contributed by atoms with Crippen LogP contribution in [0.1, 0.15) is 31.2 Å². The largest absolute Gasteiger partial charge is 0.326 e. The fraction of sp³-hybridized carbons (Fsp3) is 0.192. The minimum absolute atomic E-state index is 0.0108. The van der Waals surface area contributed by atoms with E-state index in [1.807, 2.05) is 72.8 Å². The van der Waals surface area contributed by atoms with Crippen molar-refractivity contribution in [3.63, 3.8) is 0 Å². The predicted molar refractivity (Wildman–Crippen MR) is 137 cm³/mol. The molecular weight excluding hydrogens is 436 g/mol. The summed E-state index contributed by atoms with van der Waals surface area (Å²) < 4.78 is 0.603. The summed E-state index contributed by atoms with van der Waals surface area (Å²) in [5.74, 6) is -0.0189. The maximum absolute atomic E-state index is 12.7. The molecule has 1 fully saturated rings. The second-order valence-corrected chi connectivity index (χ2v) is 9.34. The summed E-state index contributed by atoms with van der Waals surface area (Å²) in [5, 5.41) is 5.23. The van der Waals surface area contributed by atoms with Gasteiger partial charge in [-0.1, -0.05) is 91.1 Å². The van der Waals surface area contributed by atoms with Gasteiger partial charge in [-0.05, 0) is 47.4 Å². The Kier molecular flexibility index (Phi) is 7.35. The number of thiocarbonyl (C=S) groups is 1. The number of anilines is 1. The van der Waals surface area contributed by atoms with Gasteiger partial charge in [0.25, 0.3) is 5.91 Å². The second-order valence-electron chi connectivity index (χ2n) is 7.66. The Morgan fingerprint density at radius 3 is 2.50 bits per heavy atom. The van der Waals surface area contributed by atoms with E-state index in [2.05, 4.69) is 11.4 Å². The van der Waals surface area contributed by atoms with Crippen LogP contribution in [0.3, 0.4) is 0 Å². The highest BCUT2D eigenvalue weighted by Gasteiger charge is 2.31. The molecule has 0 radical (unpaired) electrons. The predicted octanol–water partition coefficient (Wildman–Crippen LogP) is 6.24. The fourth-order valence-electron chi connectivity index (χ4n) is 3.62. The molecular formula is C26H24N2O2S2. The minimum atomic E-state index is -0.0297. The third kappa shape index (κ3) is 5.64. The molecule has 1 N–H and O–H groups in total. The molecule has 1 heterocycles. The molecule has 0 aromatic heterocycles. The third-order valence-electron chi connectivity index (χ3n) is 5.29. The molecule has 3 aromatic carbocycles. The number of amides is 2. The van der Waals surface area contributed by atoms with Crippen molar-refractivity contribution < 1.29 is 9.59 Å². The van der Waals surface area contributed by atoms with Crippen LogP contribution in [-0.2, 0) is 9.59 Å². The molecule has 32 heavy (non-hydrogen) atoms. The van der Waals surface area contributed by atoms with E-state index in [-0.39, 0.29) is 11.8 Å². The van der Waals surface area contributed by atoms with E-state index in [1.54, 1.807) is 4.90 Å². The SMILES string of the molecule is O=C(CCCCCN1C(=O)C(=Cc2ccccc2)SC1=S)Nc1ccc2ccccc2c1. The molecule has 4 nitrogen and oxygen atoms in total. The Labute approximate surface area is 197 Å². The van der Waals surface area contributed by atoms with E-state index in [1.165, 1.54) is 11.8 Å². The topological polar surface area (TPSA) is 49.4 Å². The van der Waals surface area contributed by atoms with Crippen molar-refractivity contribution >= 4 is 62.7 Å². The van der Waals surface area contributed by atoms with Crippen LogP contribution in [0.5, 0.6) is 0 Å². The second kappa shape index (κ2) is 10.6. The van der Waals surface area contributed by atoms with Gasteiger partial charge in [0.05, 0.1) is 4.91 Å². The molecule has 0 atom stereocenters. The Morgan fingerprint density at radius 2 is 1.69 bits per heavy atom. The molecule has 0 unspecified atom stereocenters. The van der Waals surface area contributed by atoms with Crippen LogP contribution in [0.25, 0.3) is 16.8 Å². The summed E-state index contributed by atoms with van der Waals surface area (Å²) in [7, 11) is 0. The van der Waals surface area contributed by atoms with Crippen molar-refractivity contribution in [2.45, 2.75) is 25.7 Å². The van der Waals surface area contributed by atoms with E-state index in [0.717, 1.165) is 41.3 Å². The van der Waals surface area contributed by atoms with Crippen LogP contribution in [0.15, 0.2) is 77.7 Å². The maximum atomic E-state index is 12.7. The number of carbonyl (C=O) groups is 2. The van der Waals surface area contributed by atoms with E-state index in [9.17, 15) is 9.59 Å². The van der Waals surface area contributed by atoms with Crippen LogP contribution in [0, 0.1) is 0 Å². The van der Waals surface area contributed by atoms with Gasteiger partial charge in [0, 0.05) is 18.7 Å². The Balaban J connectivity index is 1.20. The van der Waals surface area contributed by atoms with Gasteiger partial charge in [0.1, 0.15) is 4.32 Å². The first-order valence-electron chi connectivity index (χ1n) is 10.7. The number of carbonyl (C=O) groups excluding carboxylic acids is 2. The molecule has 2 amide bonds. The third-order valence-corrected chi connectivity index (χ3v) is 6.67. The van der Waals surface area contributed by atoms with Crippen molar-refractivity contribution in [2.75, 3.05) is 11.9 Å². The van der Waals surface area contributed by atoms with Gasteiger partial charge in [-0.2, -0.15) is 0 Å². The van der Waals surface area contributed by atoms with Crippen molar-refractivity contribution in [3.05, 3.63) is 83.3 Å². The molecule has 0 aliphatic carbocycles. The number of benzene rings is 3. The number of nitrogens with one attached hydrogen (secondary N) is 1. The van der Waals surface area contributed by atoms with Gasteiger partial charge in [0.15, 0.2) is 0 Å². The monoisotopic (exact) mass is 460 g/mol. The summed E-state index contributed by atoms with van der Waals surface area (Å²) in [6.07, 6.45) is 4.79. The van der Waals surface area contributed by atoms with Crippen molar-refractivity contribution in [1.82, 2.24) is 4.90 Å². The first kappa shape index (κ1) is 22.2. The highest BCUT2D eigenvalue weighted by Crippen LogP contribution is 2.32. The minimum Gasteiger partial charge on any atom is -0.326 e. The lowest BCUT2D eigenvalue weighted by molar-refractivity contribution is -0.122. The molecule has 0 bridgehead atoms. The maximum Gasteiger partial charge on any atom is 0.266 e. The first-order chi connectivity index (χ1) is 15.6. The first-order valence-corrected chi connectivity index (χ1v) is 11.9. The van der Waals surface area contributed by atoms with Gasteiger partial charge in [-0.3, -0.25) is 14.5 Å². The number of hydrogen-bond acceptors (Lipinski definition) is 4. The van der Waals surface area contributed by atoms with Crippen molar-refractivity contribution in [3.8, 4) is 0 Å². The lowest BCUT2D eigenvalue weighted by atomic mass is 10.1. The molecule has 3 aromatic rings. The molecule has 1 saturated heterocycles. The molecule has 1 aliphatic heterocycles. The highest BCUT2D eigenvalue weighted by molar-refractivity contribution is 8.26. The van der Waals surface area contributed by atoms with Crippen LogP contribution in [-0.4, -0.2) is 27.6 Å². The van der Waals surface area contributed by atoms with Gasteiger partial charge in [-0.25, -0.2) is 0 Å².